The number of nitrogens with one attached hydrogen (secondary N) is 2. The molecule has 0 fully saturated rings. The standard InChI is InChI=1S/C19H22N6OS/c20-16(17-11-21-12-22-17)10-18(26)23-25-8-7-24(19(25)27)15-6-5-13-3-1-2-4-14(13)9-15/h1-4,7-8,11-12,15-16H,5-6,9-10,20H2,(H,21,22)(H,23,26). The zero-order chi connectivity index (χ0) is 18.8. The van der Waals surface area contributed by atoms with Crippen molar-refractivity contribution in [3.63, 3.8) is 0 Å². The van der Waals surface area contributed by atoms with Gasteiger partial charge in [-0.2, -0.15) is 0 Å². The highest BCUT2D eigenvalue weighted by atomic mass is 32.1. The van der Waals surface area contributed by atoms with Gasteiger partial charge in [0.05, 0.1) is 18.1 Å². The Bertz CT molecular complexity index is 990. The lowest BCUT2D eigenvalue weighted by Gasteiger charge is -2.25. The smallest absolute Gasteiger partial charge is 0.240 e. The van der Waals surface area contributed by atoms with Gasteiger partial charge >= 0.3 is 0 Å². The van der Waals surface area contributed by atoms with Gasteiger partial charge in [0.15, 0.2) is 4.77 Å². The van der Waals surface area contributed by atoms with Crippen molar-refractivity contribution in [2.45, 2.75) is 37.8 Å². The van der Waals surface area contributed by atoms with Crippen molar-refractivity contribution >= 4 is 18.1 Å². The first-order valence-corrected chi connectivity index (χ1v) is 9.43. The molecule has 4 rings (SSSR count). The molecule has 0 aliphatic heterocycles. The Morgan fingerprint density at radius 2 is 2.19 bits per heavy atom. The molecule has 0 bridgehead atoms. The second-order valence-corrected chi connectivity index (χ2v) is 7.23. The van der Waals surface area contributed by atoms with Crippen LogP contribution in [0.5, 0.6) is 0 Å². The van der Waals surface area contributed by atoms with Gasteiger partial charge in [-0.25, -0.2) is 9.66 Å². The minimum atomic E-state index is -0.456. The molecule has 27 heavy (non-hydrogen) atoms. The maximum absolute atomic E-state index is 12.3. The lowest BCUT2D eigenvalue weighted by atomic mass is 9.88. The summed E-state index contributed by atoms with van der Waals surface area (Å²) in [5.74, 6) is -0.201. The molecule has 1 aliphatic carbocycles. The number of imidazole rings is 2. The van der Waals surface area contributed by atoms with Gasteiger partial charge in [-0.3, -0.25) is 10.2 Å². The maximum atomic E-state index is 12.3. The molecule has 1 amide bonds. The Hall–Kier alpha value is -2.71. The Balaban J connectivity index is 1.43. The Kier molecular flexibility index (Phi) is 4.91. The predicted octanol–water partition coefficient (Wildman–Crippen LogP) is 2.63. The molecule has 1 aromatic carbocycles. The van der Waals surface area contributed by atoms with E-state index in [0.717, 1.165) is 19.3 Å². The van der Waals surface area contributed by atoms with Crippen LogP contribution in [0.1, 0.15) is 41.7 Å². The number of nitrogens with two attached hydrogens (primary N) is 1. The molecule has 0 saturated carbocycles. The molecule has 4 N–H and O–H groups in total. The number of nitrogens with zero attached hydrogens (tertiary/aromatic N) is 3. The van der Waals surface area contributed by atoms with Gasteiger partial charge < -0.3 is 15.3 Å². The third-order valence-electron chi connectivity index (χ3n) is 5.07. The van der Waals surface area contributed by atoms with Gasteiger partial charge in [0.1, 0.15) is 0 Å². The summed E-state index contributed by atoms with van der Waals surface area (Å²) in [5, 5.41) is 0. The van der Waals surface area contributed by atoms with Crippen molar-refractivity contribution in [3.8, 4) is 0 Å². The van der Waals surface area contributed by atoms with Crippen LogP contribution in [0.4, 0.5) is 0 Å². The van der Waals surface area contributed by atoms with E-state index >= 15 is 0 Å². The fourth-order valence-electron chi connectivity index (χ4n) is 3.63. The average molecular weight is 382 g/mol. The average Bonchev–Trinajstić information content (AvgIpc) is 3.32. The number of hydrogen-bond donors (Lipinski definition) is 3. The van der Waals surface area contributed by atoms with Crippen molar-refractivity contribution in [2.75, 3.05) is 5.43 Å². The summed E-state index contributed by atoms with van der Waals surface area (Å²) in [5.41, 5.74) is 12.3. The van der Waals surface area contributed by atoms with Crippen LogP contribution in [0.3, 0.4) is 0 Å². The lowest BCUT2D eigenvalue weighted by Crippen LogP contribution is -2.27. The van der Waals surface area contributed by atoms with Crippen LogP contribution < -0.4 is 11.2 Å². The normalized spacial score (nSPS) is 17.3. The van der Waals surface area contributed by atoms with Gasteiger partial charge in [-0.1, -0.05) is 24.3 Å². The molecule has 0 spiro atoms. The number of carbonyl (C=O) groups is 1. The number of benzene rings is 1. The van der Waals surface area contributed by atoms with Crippen LogP contribution in [0.2, 0.25) is 0 Å². The number of carbonyl (C=O) groups excluding carboxylic acids is 1. The van der Waals surface area contributed by atoms with E-state index in [-0.39, 0.29) is 12.3 Å². The van der Waals surface area contributed by atoms with Gasteiger partial charge in [-0.05, 0) is 42.6 Å². The van der Waals surface area contributed by atoms with Crippen molar-refractivity contribution in [2.24, 2.45) is 5.73 Å². The highest BCUT2D eigenvalue weighted by Gasteiger charge is 2.21. The SMILES string of the molecule is NC(CC(=O)Nn1ccn(C2CCc3ccccc3C2)c1=S)c1c[nH]cn1. The number of aromatic amines is 1. The molecule has 3 aromatic rings. The van der Waals surface area contributed by atoms with Crippen molar-refractivity contribution in [1.29, 1.82) is 0 Å². The van der Waals surface area contributed by atoms with Crippen LogP contribution in [0.25, 0.3) is 0 Å². The highest BCUT2D eigenvalue weighted by molar-refractivity contribution is 7.71. The quantitative estimate of drug-likeness (QED) is 0.591. The second kappa shape index (κ2) is 7.50. The molecule has 2 heterocycles. The minimum absolute atomic E-state index is 0.134. The van der Waals surface area contributed by atoms with Crippen molar-refractivity contribution < 1.29 is 4.79 Å². The summed E-state index contributed by atoms with van der Waals surface area (Å²) < 4.78 is 4.25. The molecular formula is C19H22N6OS. The molecule has 2 unspecified atom stereocenters. The molecule has 140 valence electrons. The van der Waals surface area contributed by atoms with E-state index in [1.165, 1.54) is 11.1 Å². The van der Waals surface area contributed by atoms with E-state index in [9.17, 15) is 4.79 Å². The molecule has 1 aliphatic rings. The first-order chi connectivity index (χ1) is 13.1. The van der Waals surface area contributed by atoms with E-state index in [0.29, 0.717) is 16.5 Å². The van der Waals surface area contributed by atoms with Gasteiger partial charge in [0.2, 0.25) is 5.91 Å². The topological polar surface area (TPSA) is 93.7 Å². The number of rotatable bonds is 5. The molecule has 0 radical (unpaired) electrons. The van der Waals surface area contributed by atoms with E-state index in [2.05, 4.69) is 44.2 Å². The van der Waals surface area contributed by atoms with E-state index in [1.807, 2.05) is 6.20 Å². The van der Waals surface area contributed by atoms with E-state index < -0.39 is 6.04 Å². The summed E-state index contributed by atoms with van der Waals surface area (Å²) in [4.78, 5) is 19.2. The van der Waals surface area contributed by atoms with Crippen LogP contribution in [0.15, 0.2) is 49.2 Å². The number of aromatic nitrogens is 4. The fourth-order valence-corrected chi connectivity index (χ4v) is 3.94. The second-order valence-electron chi connectivity index (χ2n) is 6.86. The number of aryl methyl sites for hydroxylation is 1. The molecule has 2 atom stereocenters. The monoisotopic (exact) mass is 382 g/mol. The van der Waals surface area contributed by atoms with Crippen LogP contribution in [-0.2, 0) is 17.6 Å². The largest absolute Gasteiger partial charge is 0.351 e. The summed E-state index contributed by atoms with van der Waals surface area (Å²) in [6.07, 6.45) is 10.1. The Morgan fingerprint density at radius 3 is 2.96 bits per heavy atom. The Morgan fingerprint density at radius 1 is 1.37 bits per heavy atom. The summed E-state index contributed by atoms with van der Waals surface area (Å²) in [6.45, 7) is 0. The predicted molar refractivity (Wildman–Crippen MR) is 105 cm³/mol. The first kappa shape index (κ1) is 17.7. The molecular weight excluding hydrogens is 360 g/mol. The molecule has 2 aromatic heterocycles. The maximum Gasteiger partial charge on any atom is 0.240 e. The van der Waals surface area contributed by atoms with Crippen molar-refractivity contribution in [3.05, 3.63) is 70.8 Å². The fraction of sp³-hybridized carbons (Fsp3) is 0.316. The number of H-pyrrole nitrogens is 1. The lowest BCUT2D eigenvalue weighted by molar-refractivity contribution is -0.117. The van der Waals surface area contributed by atoms with Crippen LogP contribution in [-0.4, -0.2) is 25.1 Å². The number of fused-ring (bicyclic) bond motifs is 1. The molecule has 8 heteroatoms. The van der Waals surface area contributed by atoms with E-state index in [4.69, 9.17) is 18.0 Å². The third-order valence-corrected chi connectivity index (χ3v) is 5.47. The minimum Gasteiger partial charge on any atom is -0.351 e. The number of amides is 1. The van der Waals surface area contributed by atoms with Crippen molar-refractivity contribution in [1.82, 2.24) is 19.2 Å². The van der Waals surface area contributed by atoms with Gasteiger partial charge in [0.25, 0.3) is 0 Å². The van der Waals surface area contributed by atoms with Crippen LogP contribution in [0, 0.1) is 4.77 Å². The Labute approximate surface area is 162 Å². The summed E-state index contributed by atoms with van der Waals surface area (Å²) in [6, 6.07) is 8.39. The highest BCUT2D eigenvalue weighted by Crippen LogP contribution is 2.29. The van der Waals surface area contributed by atoms with Gasteiger partial charge in [-0.15, -0.1) is 0 Å². The zero-order valence-electron chi connectivity index (χ0n) is 14.8. The summed E-state index contributed by atoms with van der Waals surface area (Å²) >= 11 is 5.58. The summed E-state index contributed by atoms with van der Waals surface area (Å²) in [7, 11) is 0. The van der Waals surface area contributed by atoms with Crippen LogP contribution >= 0.6 is 12.2 Å². The third kappa shape index (κ3) is 3.72. The molecule has 7 nitrogen and oxygen atoms in total. The van der Waals surface area contributed by atoms with Gasteiger partial charge in [0, 0.05) is 31.1 Å². The first-order valence-electron chi connectivity index (χ1n) is 9.02. The van der Waals surface area contributed by atoms with E-state index in [1.54, 1.807) is 23.4 Å². The molecule has 0 saturated heterocycles. The number of hydrogen-bond acceptors (Lipinski definition) is 4. The zero-order valence-corrected chi connectivity index (χ0v) is 15.7.